The van der Waals surface area contributed by atoms with Gasteiger partial charge in [0.25, 0.3) is 0 Å². The summed E-state index contributed by atoms with van der Waals surface area (Å²) in [5.41, 5.74) is 0.967. The van der Waals surface area contributed by atoms with E-state index in [0.717, 1.165) is 18.5 Å². The molecule has 0 fully saturated rings. The van der Waals surface area contributed by atoms with Crippen LogP contribution in [0.15, 0.2) is 6.20 Å². The highest BCUT2D eigenvalue weighted by Crippen LogP contribution is 2.07. The normalized spacial score (nSPS) is 13.4. The lowest BCUT2D eigenvalue weighted by atomic mass is 10.2. The van der Waals surface area contributed by atoms with Crippen molar-refractivity contribution in [3.05, 3.63) is 11.9 Å². The predicted octanol–water partition coefficient (Wildman–Crippen LogP) is 1.37. The van der Waals surface area contributed by atoms with Gasteiger partial charge in [0.2, 0.25) is 0 Å². The smallest absolute Gasteiger partial charge is 0.0841 e. The second-order valence-corrected chi connectivity index (χ2v) is 3.15. The lowest BCUT2D eigenvalue weighted by molar-refractivity contribution is 0.640. The van der Waals surface area contributed by atoms with Gasteiger partial charge in [0.15, 0.2) is 0 Å². The van der Waals surface area contributed by atoms with E-state index in [1.165, 1.54) is 0 Å². The molecule has 0 radical (unpaired) electrons. The molecule has 1 rings (SSSR count). The minimum Gasteiger partial charge on any atom is -0.188 e. The number of aromatic nitrogens is 3. The Kier molecular flexibility index (Phi) is 2.88. The second kappa shape index (κ2) is 3.72. The Morgan fingerprint density at radius 3 is 2.91 bits per heavy atom. The van der Waals surface area contributed by atoms with Crippen molar-refractivity contribution in [2.75, 3.05) is 0 Å². The van der Waals surface area contributed by atoms with Crippen molar-refractivity contribution >= 4 is 11.6 Å². The van der Waals surface area contributed by atoms with Crippen molar-refractivity contribution in [1.82, 2.24) is 15.0 Å². The average molecular weight is 174 g/mol. The third kappa shape index (κ3) is 2.50. The fourth-order valence-electron chi connectivity index (χ4n) is 0.853. The zero-order chi connectivity index (χ0) is 8.27. The Morgan fingerprint density at radius 2 is 2.45 bits per heavy atom. The minimum absolute atomic E-state index is 0.187. The Hall–Kier alpha value is -0.570. The lowest BCUT2D eigenvalue weighted by Crippen LogP contribution is -2.02. The number of hydrogen-bond donors (Lipinski definition) is 0. The van der Waals surface area contributed by atoms with E-state index in [0.29, 0.717) is 0 Å². The number of nitrogens with zero attached hydrogens (tertiary/aromatic N) is 3. The Bertz CT molecular complexity index is 221. The summed E-state index contributed by atoms with van der Waals surface area (Å²) in [4.78, 5) is 1.55. The van der Waals surface area contributed by atoms with E-state index >= 15 is 0 Å². The van der Waals surface area contributed by atoms with Crippen LogP contribution in [0, 0.1) is 0 Å². The standard InChI is InChI=1S/C7H12ClN3/c1-3-6(8)4-7-5-9-11(2)10-7/h5-6H,3-4H2,1-2H3. The van der Waals surface area contributed by atoms with Crippen molar-refractivity contribution in [2.24, 2.45) is 7.05 Å². The first-order valence-corrected chi connectivity index (χ1v) is 4.15. The van der Waals surface area contributed by atoms with Gasteiger partial charge in [-0.1, -0.05) is 6.92 Å². The number of halogens is 1. The van der Waals surface area contributed by atoms with E-state index in [4.69, 9.17) is 11.6 Å². The van der Waals surface area contributed by atoms with Gasteiger partial charge in [-0.2, -0.15) is 15.0 Å². The lowest BCUT2D eigenvalue weighted by Gasteiger charge is -2.00. The van der Waals surface area contributed by atoms with Gasteiger partial charge >= 0.3 is 0 Å². The summed E-state index contributed by atoms with van der Waals surface area (Å²) in [6.45, 7) is 2.06. The average Bonchev–Trinajstić information content (AvgIpc) is 2.35. The molecule has 1 heterocycles. The molecule has 0 aromatic carbocycles. The van der Waals surface area contributed by atoms with Gasteiger partial charge in [-0.15, -0.1) is 11.6 Å². The molecule has 1 aromatic heterocycles. The van der Waals surface area contributed by atoms with E-state index < -0.39 is 0 Å². The van der Waals surface area contributed by atoms with Gasteiger partial charge in [-0.25, -0.2) is 0 Å². The van der Waals surface area contributed by atoms with Crippen LogP contribution in [-0.2, 0) is 13.5 Å². The zero-order valence-corrected chi connectivity index (χ0v) is 7.54. The van der Waals surface area contributed by atoms with Crippen molar-refractivity contribution in [1.29, 1.82) is 0 Å². The van der Waals surface area contributed by atoms with Crippen LogP contribution in [0.3, 0.4) is 0 Å². The molecule has 0 spiro atoms. The fourth-order valence-corrected chi connectivity index (χ4v) is 1.01. The molecule has 0 N–H and O–H groups in total. The molecule has 0 aliphatic heterocycles. The third-order valence-electron chi connectivity index (χ3n) is 1.52. The summed E-state index contributed by atoms with van der Waals surface area (Å²) in [6.07, 6.45) is 3.54. The van der Waals surface area contributed by atoms with E-state index in [1.54, 1.807) is 18.0 Å². The molecule has 1 aromatic rings. The molecule has 0 aliphatic carbocycles. The highest BCUT2D eigenvalue weighted by Gasteiger charge is 2.05. The third-order valence-corrected chi connectivity index (χ3v) is 1.98. The molecule has 1 atom stereocenters. The van der Waals surface area contributed by atoms with E-state index in [2.05, 4.69) is 17.1 Å². The van der Waals surface area contributed by atoms with Gasteiger partial charge in [0.05, 0.1) is 11.9 Å². The summed E-state index contributed by atoms with van der Waals surface area (Å²) in [7, 11) is 1.80. The monoisotopic (exact) mass is 173 g/mol. The molecule has 0 bridgehead atoms. The van der Waals surface area contributed by atoms with Crippen LogP contribution in [0.1, 0.15) is 19.0 Å². The Labute approximate surface area is 71.4 Å². The van der Waals surface area contributed by atoms with Crippen LogP contribution >= 0.6 is 11.6 Å². The van der Waals surface area contributed by atoms with Crippen LogP contribution < -0.4 is 0 Å². The molecule has 3 nitrogen and oxygen atoms in total. The summed E-state index contributed by atoms with van der Waals surface area (Å²) in [5, 5.41) is 8.26. The summed E-state index contributed by atoms with van der Waals surface area (Å²) in [6, 6.07) is 0. The Morgan fingerprint density at radius 1 is 1.73 bits per heavy atom. The maximum atomic E-state index is 5.93. The maximum absolute atomic E-state index is 5.93. The SMILES string of the molecule is CCC(Cl)Cc1cnn(C)n1. The van der Waals surface area contributed by atoms with Crippen molar-refractivity contribution in [3.63, 3.8) is 0 Å². The molecular weight excluding hydrogens is 162 g/mol. The largest absolute Gasteiger partial charge is 0.188 e. The molecule has 0 aliphatic rings. The molecule has 1 unspecified atom stereocenters. The zero-order valence-electron chi connectivity index (χ0n) is 6.79. The predicted molar refractivity (Wildman–Crippen MR) is 44.6 cm³/mol. The Balaban J connectivity index is 2.50. The number of aryl methyl sites for hydroxylation is 1. The number of rotatable bonds is 3. The highest BCUT2D eigenvalue weighted by atomic mass is 35.5. The fraction of sp³-hybridized carbons (Fsp3) is 0.714. The van der Waals surface area contributed by atoms with Crippen molar-refractivity contribution < 1.29 is 0 Å². The van der Waals surface area contributed by atoms with E-state index in [1.807, 2.05) is 0 Å². The van der Waals surface area contributed by atoms with Gasteiger partial charge in [0.1, 0.15) is 0 Å². The number of alkyl halides is 1. The van der Waals surface area contributed by atoms with Gasteiger partial charge in [-0.05, 0) is 6.42 Å². The minimum atomic E-state index is 0.187. The molecule has 62 valence electrons. The van der Waals surface area contributed by atoms with Crippen molar-refractivity contribution in [3.8, 4) is 0 Å². The van der Waals surface area contributed by atoms with Crippen LogP contribution in [0.2, 0.25) is 0 Å². The van der Waals surface area contributed by atoms with Gasteiger partial charge in [-0.3, -0.25) is 0 Å². The molecular formula is C7H12ClN3. The van der Waals surface area contributed by atoms with Gasteiger partial charge in [0, 0.05) is 18.8 Å². The molecule has 11 heavy (non-hydrogen) atoms. The van der Waals surface area contributed by atoms with Crippen LogP contribution in [0.25, 0.3) is 0 Å². The van der Waals surface area contributed by atoms with Crippen LogP contribution in [0.5, 0.6) is 0 Å². The van der Waals surface area contributed by atoms with Gasteiger partial charge < -0.3 is 0 Å². The number of hydrogen-bond acceptors (Lipinski definition) is 2. The molecule has 4 heteroatoms. The van der Waals surface area contributed by atoms with Crippen LogP contribution in [-0.4, -0.2) is 20.4 Å². The first kappa shape index (κ1) is 8.53. The topological polar surface area (TPSA) is 30.7 Å². The van der Waals surface area contributed by atoms with E-state index in [-0.39, 0.29) is 5.38 Å². The summed E-state index contributed by atoms with van der Waals surface area (Å²) >= 11 is 5.93. The van der Waals surface area contributed by atoms with Crippen LogP contribution in [0.4, 0.5) is 0 Å². The summed E-state index contributed by atoms with van der Waals surface area (Å²) in [5.74, 6) is 0. The first-order valence-electron chi connectivity index (χ1n) is 3.71. The molecule has 0 saturated heterocycles. The molecule has 0 amide bonds. The first-order chi connectivity index (χ1) is 5.22. The quantitative estimate of drug-likeness (QED) is 0.647. The maximum Gasteiger partial charge on any atom is 0.0841 e. The molecule has 0 saturated carbocycles. The summed E-state index contributed by atoms with van der Waals surface area (Å²) < 4.78 is 0. The van der Waals surface area contributed by atoms with Crippen molar-refractivity contribution in [2.45, 2.75) is 25.1 Å². The van der Waals surface area contributed by atoms with E-state index in [9.17, 15) is 0 Å². The second-order valence-electron chi connectivity index (χ2n) is 2.54. The highest BCUT2D eigenvalue weighted by molar-refractivity contribution is 6.20.